The zero-order valence-corrected chi connectivity index (χ0v) is 5.24. The predicted octanol–water partition coefficient (Wildman–Crippen LogP) is -2.45. The van der Waals surface area contributed by atoms with Crippen LogP contribution in [0.2, 0.25) is 0 Å². The summed E-state index contributed by atoms with van der Waals surface area (Å²) in [7, 11) is -4.61. The van der Waals surface area contributed by atoms with Crippen molar-refractivity contribution in [3.63, 3.8) is 0 Å². The molecule has 0 unspecified atom stereocenters. The van der Waals surface area contributed by atoms with Crippen molar-refractivity contribution < 1.29 is 36.3 Å². The van der Waals surface area contributed by atoms with Gasteiger partial charge in [-0.05, 0) is 0 Å². The van der Waals surface area contributed by atoms with Crippen LogP contribution in [0.5, 0.6) is 0 Å². The minimum absolute atomic E-state index is 0. The Morgan fingerprint density at radius 2 is 0.857 bits per heavy atom. The van der Waals surface area contributed by atoms with Gasteiger partial charge in [0.15, 0.2) is 0 Å². The molecule has 7 heavy (non-hydrogen) atoms. The Hall–Kier alpha value is 0.536. The summed E-state index contributed by atoms with van der Waals surface area (Å²) in [5.74, 6) is 0. The maximum atomic E-state index is 7.33. The van der Waals surface area contributed by atoms with Gasteiger partial charge in [-0.15, -0.1) is 0 Å². The molecule has 7 N–H and O–H groups in total. The van der Waals surface area contributed by atoms with Crippen molar-refractivity contribution in [3.05, 3.63) is 0 Å². The van der Waals surface area contributed by atoms with E-state index in [9.17, 15) is 0 Å². The van der Waals surface area contributed by atoms with Crippen LogP contribution in [0.1, 0.15) is 0 Å². The van der Waals surface area contributed by atoms with E-state index in [4.69, 9.17) is 19.2 Å². The largest absolute Gasteiger partial charge is 0.668 e. The number of hydrogen-bond acceptors (Lipinski definition) is 5. The third kappa shape index (κ3) is 468. The van der Waals surface area contributed by atoms with E-state index in [2.05, 4.69) is 0 Å². The average molecular weight is 177 g/mol. The first kappa shape index (κ1) is 15.6. The van der Waals surface area contributed by atoms with Crippen LogP contribution in [-0.4, -0.2) is 28.2 Å². The minimum atomic E-state index is -4.61. The SMILES string of the molecule is N.O[Si](O)(O)O.[Cu]. The second kappa shape index (κ2) is 4.69. The van der Waals surface area contributed by atoms with Crippen LogP contribution >= 0.6 is 0 Å². The summed E-state index contributed by atoms with van der Waals surface area (Å²) < 4.78 is 0. The Morgan fingerprint density at radius 1 is 0.857 bits per heavy atom. The molecule has 0 fully saturated rings. The van der Waals surface area contributed by atoms with Crippen LogP contribution in [-0.2, 0) is 17.1 Å². The maximum Gasteiger partial charge on any atom is 0.668 e. The maximum absolute atomic E-state index is 7.33. The molecule has 0 spiro atoms. The first-order valence-corrected chi connectivity index (χ1v) is 2.68. The molecule has 0 amide bonds. The van der Waals surface area contributed by atoms with Crippen molar-refractivity contribution >= 4 is 9.05 Å². The molecule has 0 aliphatic rings. The molecule has 0 saturated heterocycles. The van der Waals surface area contributed by atoms with Crippen LogP contribution in [0.3, 0.4) is 0 Å². The molecule has 0 atom stereocenters. The van der Waals surface area contributed by atoms with Gasteiger partial charge in [-0.3, -0.25) is 0 Å². The zero-order chi connectivity index (χ0) is 4.50. The van der Waals surface area contributed by atoms with Gasteiger partial charge in [-0.2, -0.15) is 0 Å². The van der Waals surface area contributed by atoms with Gasteiger partial charge in [0.2, 0.25) is 0 Å². The summed E-state index contributed by atoms with van der Waals surface area (Å²) in [5, 5.41) is 0. The molecular weight excluding hydrogens is 170 g/mol. The summed E-state index contributed by atoms with van der Waals surface area (Å²) in [5.41, 5.74) is 0. The van der Waals surface area contributed by atoms with E-state index in [0.29, 0.717) is 0 Å². The first-order valence-electron chi connectivity index (χ1n) is 0.894. The number of hydrogen-bond donors (Lipinski definition) is 5. The van der Waals surface area contributed by atoms with Crippen molar-refractivity contribution in [2.45, 2.75) is 0 Å². The van der Waals surface area contributed by atoms with Crippen LogP contribution in [0.15, 0.2) is 0 Å². The van der Waals surface area contributed by atoms with Crippen molar-refractivity contribution in [1.82, 2.24) is 6.15 Å². The third-order valence-electron chi connectivity index (χ3n) is 0. The summed E-state index contributed by atoms with van der Waals surface area (Å²) in [6.07, 6.45) is 0. The molecule has 5 nitrogen and oxygen atoms in total. The molecule has 51 valence electrons. The van der Waals surface area contributed by atoms with E-state index in [1.165, 1.54) is 0 Å². The molecule has 0 bridgehead atoms. The van der Waals surface area contributed by atoms with Gasteiger partial charge in [0.1, 0.15) is 0 Å². The van der Waals surface area contributed by atoms with Crippen LogP contribution in [0.4, 0.5) is 0 Å². The average Bonchev–Trinajstić information content (AvgIpc) is 0.722. The van der Waals surface area contributed by atoms with Gasteiger partial charge in [0.25, 0.3) is 0 Å². The normalized spacial score (nSPS) is 8.57. The van der Waals surface area contributed by atoms with Crippen LogP contribution in [0.25, 0.3) is 0 Å². The van der Waals surface area contributed by atoms with E-state index >= 15 is 0 Å². The van der Waals surface area contributed by atoms with Crippen molar-refractivity contribution in [2.75, 3.05) is 0 Å². The molecule has 0 aromatic carbocycles. The fourth-order valence-electron chi connectivity index (χ4n) is 0. The fourth-order valence-corrected chi connectivity index (χ4v) is 0. The standard InChI is InChI=1S/Cu.H3N.H4O4Si/c;;1-5(2,3)4/h;1H3;1-4H. The van der Waals surface area contributed by atoms with Crippen molar-refractivity contribution in [3.8, 4) is 0 Å². The Bertz CT molecular complexity index is 27.2. The van der Waals surface area contributed by atoms with Crippen LogP contribution in [0, 0.1) is 0 Å². The zero-order valence-electron chi connectivity index (χ0n) is 3.30. The molecular formula is H7CuNO4Si. The van der Waals surface area contributed by atoms with Gasteiger partial charge in [-0.25, -0.2) is 0 Å². The molecule has 0 saturated carbocycles. The predicted molar refractivity (Wildman–Crippen MR) is 19.7 cm³/mol. The third-order valence-corrected chi connectivity index (χ3v) is 0. The van der Waals surface area contributed by atoms with Crippen molar-refractivity contribution in [1.29, 1.82) is 0 Å². The smallest absolute Gasteiger partial charge is 0.368 e. The quantitative estimate of drug-likeness (QED) is 0.263. The van der Waals surface area contributed by atoms with E-state index in [0.717, 1.165) is 0 Å². The molecule has 7 heteroatoms. The van der Waals surface area contributed by atoms with Crippen LogP contribution < -0.4 is 6.15 Å². The second-order valence-electron chi connectivity index (χ2n) is 0.600. The van der Waals surface area contributed by atoms with Gasteiger partial charge in [0, 0.05) is 17.1 Å². The molecule has 0 aromatic rings. The monoisotopic (exact) mass is 176 g/mol. The molecule has 0 aliphatic carbocycles. The second-order valence-corrected chi connectivity index (χ2v) is 1.80. The minimum Gasteiger partial charge on any atom is -0.368 e. The summed E-state index contributed by atoms with van der Waals surface area (Å²) >= 11 is 0. The Balaban J connectivity index is -0.0000000800. The van der Waals surface area contributed by atoms with Gasteiger partial charge >= 0.3 is 9.05 Å². The van der Waals surface area contributed by atoms with E-state index in [1.807, 2.05) is 0 Å². The van der Waals surface area contributed by atoms with Crippen molar-refractivity contribution in [2.24, 2.45) is 0 Å². The number of rotatable bonds is 0. The Labute approximate surface area is 52.2 Å². The molecule has 0 rings (SSSR count). The Morgan fingerprint density at radius 3 is 0.857 bits per heavy atom. The van der Waals surface area contributed by atoms with E-state index in [-0.39, 0.29) is 23.2 Å². The first-order chi connectivity index (χ1) is 2.00. The summed E-state index contributed by atoms with van der Waals surface area (Å²) in [6, 6.07) is 0. The van der Waals surface area contributed by atoms with Gasteiger partial charge in [0.05, 0.1) is 0 Å². The van der Waals surface area contributed by atoms with Gasteiger partial charge < -0.3 is 25.3 Å². The Kier molecular flexibility index (Phi) is 10.5. The molecule has 0 aromatic heterocycles. The summed E-state index contributed by atoms with van der Waals surface area (Å²) in [4.78, 5) is 29.3. The van der Waals surface area contributed by atoms with E-state index < -0.39 is 9.05 Å². The van der Waals surface area contributed by atoms with E-state index in [1.54, 1.807) is 0 Å². The molecule has 1 radical (unpaired) electrons. The molecule has 0 aliphatic heterocycles. The summed E-state index contributed by atoms with van der Waals surface area (Å²) in [6.45, 7) is 0. The van der Waals surface area contributed by atoms with Gasteiger partial charge in [-0.1, -0.05) is 0 Å². The fraction of sp³-hybridized carbons (Fsp3) is 0. The molecule has 0 heterocycles. The topological polar surface area (TPSA) is 116 Å².